The van der Waals surface area contributed by atoms with Crippen molar-refractivity contribution in [2.75, 3.05) is 5.75 Å². The number of fused-ring (bicyclic) bond motifs is 1. The molecule has 0 fully saturated rings. The largest absolute Gasteiger partial charge is 0.487 e. The summed E-state index contributed by atoms with van der Waals surface area (Å²) in [7, 11) is 0. The van der Waals surface area contributed by atoms with Gasteiger partial charge in [0.2, 0.25) is 0 Å². The maximum absolute atomic E-state index is 11.1. The van der Waals surface area contributed by atoms with Gasteiger partial charge in [-0.25, -0.2) is 0 Å². The molecule has 1 N–H and O–H groups in total. The van der Waals surface area contributed by atoms with Crippen molar-refractivity contribution in [1.82, 2.24) is 0 Å². The second kappa shape index (κ2) is 9.63. The number of carboxylic acid groups (broad SMARTS) is 1. The van der Waals surface area contributed by atoms with E-state index in [0.717, 1.165) is 45.9 Å². The van der Waals surface area contributed by atoms with Crippen LogP contribution in [0.3, 0.4) is 0 Å². The molecule has 1 atom stereocenters. The lowest BCUT2D eigenvalue weighted by Crippen LogP contribution is -2.41. The highest BCUT2D eigenvalue weighted by Crippen LogP contribution is 2.46. The van der Waals surface area contributed by atoms with Crippen molar-refractivity contribution in [3.8, 4) is 17.6 Å². The molecule has 1 heterocycles. The smallest absolute Gasteiger partial charge is 0.303 e. The second-order valence-corrected chi connectivity index (χ2v) is 11.1. The van der Waals surface area contributed by atoms with Crippen molar-refractivity contribution in [1.29, 1.82) is 0 Å². The molecular weight excluding hydrogens is 416 g/mol. The van der Waals surface area contributed by atoms with Crippen LogP contribution in [0, 0.1) is 11.8 Å². The first-order chi connectivity index (χ1) is 15.0. The van der Waals surface area contributed by atoms with Crippen LogP contribution in [0.1, 0.15) is 89.0 Å². The molecule has 0 spiro atoms. The van der Waals surface area contributed by atoms with Crippen LogP contribution in [0.2, 0.25) is 0 Å². The van der Waals surface area contributed by atoms with Crippen LogP contribution in [-0.2, 0) is 10.2 Å². The van der Waals surface area contributed by atoms with Gasteiger partial charge in [-0.15, -0.1) is 11.8 Å². The summed E-state index contributed by atoms with van der Waals surface area (Å²) in [5.41, 5.74) is 4.07. The van der Waals surface area contributed by atoms with Crippen LogP contribution in [0.25, 0.3) is 0 Å². The summed E-state index contributed by atoms with van der Waals surface area (Å²) in [6.07, 6.45) is 1.91. The predicted molar refractivity (Wildman–Crippen MR) is 133 cm³/mol. The average Bonchev–Trinajstić information content (AvgIpc) is 2.70. The molecule has 1 unspecified atom stereocenters. The minimum absolute atomic E-state index is 0.0177. The Labute approximate surface area is 197 Å². The zero-order valence-electron chi connectivity index (χ0n) is 20.0. The molecule has 0 amide bonds. The van der Waals surface area contributed by atoms with Gasteiger partial charge in [0.25, 0.3) is 0 Å². The number of rotatable bonds is 6. The average molecular weight is 451 g/mol. The maximum Gasteiger partial charge on any atom is 0.303 e. The van der Waals surface area contributed by atoms with Crippen molar-refractivity contribution in [2.24, 2.45) is 0 Å². The third-order valence-electron chi connectivity index (χ3n) is 6.00. The summed E-state index contributed by atoms with van der Waals surface area (Å²) in [6, 6.07) is 12.4. The Bertz CT molecular complexity index is 1040. The highest BCUT2D eigenvalue weighted by Gasteiger charge is 2.39. The van der Waals surface area contributed by atoms with E-state index in [9.17, 15) is 4.79 Å². The standard InChI is InChI=1S/C28H34O3S/c1-7-20(16-26(29)30)21-12-9-19(10-13-21)11-14-22-15-23-24(17-25(22)32-8-2)31-28(5,6)18-27(23,3)4/h9-10,12-13,15,17,20H,7-8,16,18H2,1-6H3,(H,29,30). The number of ether oxygens (including phenoxy) is 1. The topological polar surface area (TPSA) is 46.5 Å². The first kappa shape index (κ1) is 24.3. The Morgan fingerprint density at radius 1 is 1.12 bits per heavy atom. The Morgan fingerprint density at radius 3 is 2.41 bits per heavy atom. The number of hydrogen-bond donors (Lipinski definition) is 1. The molecule has 0 bridgehead atoms. The van der Waals surface area contributed by atoms with Crippen LogP contribution in [0.5, 0.6) is 5.75 Å². The van der Waals surface area contributed by atoms with Crippen molar-refractivity contribution in [3.05, 3.63) is 58.7 Å². The first-order valence-corrected chi connectivity index (χ1v) is 12.4. The highest BCUT2D eigenvalue weighted by molar-refractivity contribution is 7.99. The maximum atomic E-state index is 11.1. The molecular formula is C28H34O3S. The van der Waals surface area contributed by atoms with Crippen LogP contribution < -0.4 is 4.74 Å². The third kappa shape index (κ3) is 5.70. The van der Waals surface area contributed by atoms with E-state index in [1.54, 1.807) is 11.8 Å². The highest BCUT2D eigenvalue weighted by atomic mass is 32.2. The van der Waals surface area contributed by atoms with Gasteiger partial charge in [0.1, 0.15) is 11.4 Å². The summed E-state index contributed by atoms with van der Waals surface area (Å²) in [6.45, 7) is 13.0. The zero-order chi connectivity index (χ0) is 23.5. The van der Waals surface area contributed by atoms with E-state index in [1.807, 2.05) is 31.2 Å². The number of carboxylic acids is 1. The van der Waals surface area contributed by atoms with Crippen molar-refractivity contribution < 1.29 is 14.6 Å². The first-order valence-electron chi connectivity index (χ1n) is 11.4. The molecule has 170 valence electrons. The number of aliphatic carboxylic acids is 1. The fourth-order valence-corrected chi connectivity index (χ4v) is 5.49. The van der Waals surface area contributed by atoms with Gasteiger partial charge in [-0.1, -0.05) is 51.7 Å². The molecule has 1 aliphatic rings. The molecule has 3 rings (SSSR count). The summed E-state index contributed by atoms with van der Waals surface area (Å²) in [4.78, 5) is 12.3. The number of benzene rings is 2. The van der Waals surface area contributed by atoms with Gasteiger partial charge in [-0.3, -0.25) is 4.79 Å². The van der Waals surface area contributed by atoms with Gasteiger partial charge < -0.3 is 9.84 Å². The van der Waals surface area contributed by atoms with Gasteiger partial charge in [0.05, 0.1) is 6.42 Å². The van der Waals surface area contributed by atoms with E-state index in [-0.39, 0.29) is 23.4 Å². The summed E-state index contributed by atoms with van der Waals surface area (Å²) in [5.74, 6) is 7.93. The van der Waals surface area contributed by atoms with Crippen LogP contribution >= 0.6 is 11.8 Å². The molecule has 32 heavy (non-hydrogen) atoms. The van der Waals surface area contributed by atoms with Crippen LogP contribution in [0.15, 0.2) is 41.3 Å². The van der Waals surface area contributed by atoms with E-state index in [0.29, 0.717) is 0 Å². The molecule has 0 saturated carbocycles. The van der Waals surface area contributed by atoms with Crippen LogP contribution in [-0.4, -0.2) is 22.4 Å². The quantitative estimate of drug-likeness (QED) is 0.380. The van der Waals surface area contributed by atoms with Gasteiger partial charge in [-0.2, -0.15) is 0 Å². The van der Waals surface area contributed by atoms with Crippen molar-refractivity contribution >= 4 is 17.7 Å². The lowest BCUT2D eigenvalue weighted by molar-refractivity contribution is -0.137. The molecule has 0 radical (unpaired) electrons. The van der Waals surface area contributed by atoms with E-state index in [4.69, 9.17) is 9.84 Å². The van der Waals surface area contributed by atoms with Gasteiger partial charge in [-0.05, 0) is 73.6 Å². The predicted octanol–water partition coefficient (Wildman–Crippen LogP) is 7.01. The Kier molecular flexibility index (Phi) is 7.30. The lowest BCUT2D eigenvalue weighted by Gasteiger charge is -2.42. The zero-order valence-corrected chi connectivity index (χ0v) is 20.9. The number of carbonyl (C=O) groups is 1. The summed E-state index contributed by atoms with van der Waals surface area (Å²) >= 11 is 1.79. The molecule has 2 aromatic rings. The Hall–Kier alpha value is -2.38. The minimum atomic E-state index is -0.760. The van der Waals surface area contributed by atoms with E-state index in [2.05, 4.69) is 58.6 Å². The fraction of sp³-hybridized carbons (Fsp3) is 0.464. The summed E-state index contributed by atoms with van der Waals surface area (Å²) < 4.78 is 6.33. The van der Waals surface area contributed by atoms with Gasteiger partial charge in [0, 0.05) is 21.6 Å². The van der Waals surface area contributed by atoms with Gasteiger partial charge >= 0.3 is 5.97 Å². The molecule has 0 aliphatic carbocycles. The van der Waals surface area contributed by atoms with Gasteiger partial charge in [0.15, 0.2) is 0 Å². The number of hydrogen-bond acceptors (Lipinski definition) is 3. The third-order valence-corrected chi connectivity index (χ3v) is 6.94. The molecule has 3 nitrogen and oxygen atoms in total. The van der Waals surface area contributed by atoms with Crippen LogP contribution in [0.4, 0.5) is 0 Å². The van der Waals surface area contributed by atoms with E-state index in [1.165, 1.54) is 5.56 Å². The van der Waals surface area contributed by atoms with Crippen molar-refractivity contribution in [3.63, 3.8) is 0 Å². The van der Waals surface area contributed by atoms with E-state index >= 15 is 0 Å². The fourth-order valence-electron chi connectivity index (χ4n) is 4.73. The number of thioether (sulfide) groups is 1. The summed E-state index contributed by atoms with van der Waals surface area (Å²) in [5, 5.41) is 9.13. The normalized spacial score (nSPS) is 16.8. The molecule has 1 aliphatic heterocycles. The SMILES string of the molecule is CCSc1cc2c(cc1C#Cc1ccc(C(CC)CC(=O)O)cc1)C(C)(C)CC(C)(C)O2. The van der Waals surface area contributed by atoms with Crippen molar-refractivity contribution in [2.45, 2.75) is 82.6 Å². The lowest BCUT2D eigenvalue weighted by atomic mass is 9.73. The minimum Gasteiger partial charge on any atom is -0.487 e. The Balaban J connectivity index is 1.94. The molecule has 2 aromatic carbocycles. The molecule has 0 aromatic heterocycles. The molecule has 4 heteroatoms. The monoisotopic (exact) mass is 450 g/mol. The van der Waals surface area contributed by atoms with E-state index < -0.39 is 5.97 Å². The second-order valence-electron chi connectivity index (χ2n) is 9.77. The Morgan fingerprint density at radius 2 is 1.81 bits per heavy atom. The molecule has 0 saturated heterocycles.